The monoisotopic (exact) mass is 479 g/mol. The van der Waals surface area contributed by atoms with E-state index < -0.39 is 11.8 Å². The molecule has 1 heterocycles. The minimum Gasteiger partial charge on any atom is -0.350 e. The number of nitrogens with one attached hydrogen (secondary N) is 1. The normalized spacial score (nSPS) is 17.0. The van der Waals surface area contributed by atoms with Crippen LogP contribution < -0.4 is 10.2 Å². The molecule has 2 aliphatic rings. The molecular weight excluding hydrogens is 450 g/mol. The van der Waals surface area contributed by atoms with Gasteiger partial charge in [-0.2, -0.15) is 0 Å². The van der Waals surface area contributed by atoms with Gasteiger partial charge in [-0.05, 0) is 60.7 Å². The van der Waals surface area contributed by atoms with Crippen LogP contribution in [0.5, 0.6) is 0 Å². The number of anilines is 2. The lowest BCUT2D eigenvalue weighted by atomic mass is 9.94. The van der Waals surface area contributed by atoms with Crippen molar-refractivity contribution in [3.8, 4) is 0 Å². The summed E-state index contributed by atoms with van der Waals surface area (Å²) in [7, 11) is 1.86. The van der Waals surface area contributed by atoms with Crippen LogP contribution in [0.1, 0.15) is 67.8 Å². The number of nitrogens with zero attached hydrogens (tertiary/aromatic N) is 2. The Morgan fingerprint density at radius 3 is 2.18 bits per heavy atom. The number of carbonyl (C=O) groups is 3. The molecule has 0 aromatic heterocycles. The molecule has 3 amide bonds. The number of halogens is 1. The van der Waals surface area contributed by atoms with E-state index in [-0.39, 0.29) is 22.7 Å². The fourth-order valence-corrected chi connectivity index (χ4v) is 4.75. The van der Waals surface area contributed by atoms with E-state index in [0.29, 0.717) is 22.9 Å². The van der Waals surface area contributed by atoms with Crippen molar-refractivity contribution < 1.29 is 14.4 Å². The SMILES string of the molecule is CC(C)c1ccc(N2C(=O)C(Cl)=C(Nc3ccc(C(=O)N(C)C4CCCCC4)cc3)C2=O)cc1. The number of hydrogen-bond acceptors (Lipinski definition) is 4. The molecule has 1 N–H and O–H groups in total. The number of benzene rings is 2. The zero-order valence-electron chi connectivity index (χ0n) is 19.8. The average molecular weight is 480 g/mol. The Morgan fingerprint density at radius 1 is 0.971 bits per heavy atom. The summed E-state index contributed by atoms with van der Waals surface area (Å²) in [5, 5.41) is 2.81. The van der Waals surface area contributed by atoms with E-state index in [4.69, 9.17) is 11.6 Å². The Kier molecular flexibility index (Phi) is 7.08. The minimum atomic E-state index is -0.563. The molecule has 2 aromatic rings. The van der Waals surface area contributed by atoms with E-state index in [1.807, 2.05) is 24.1 Å². The molecule has 34 heavy (non-hydrogen) atoms. The molecule has 4 rings (SSSR count). The average Bonchev–Trinajstić information content (AvgIpc) is 3.07. The smallest absolute Gasteiger partial charge is 0.283 e. The summed E-state index contributed by atoms with van der Waals surface area (Å²) in [6, 6.07) is 14.5. The number of imide groups is 1. The second-order valence-electron chi connectivity index (χ2n) is 9.29. The van der Waals surface area contributed by atoms with E-state index in [1.165, 1.54) is 6.42 Å². The maximum Gasteiger partial charge on any atom is 0.283 e. The summed E-state index contributed by atoms with van der Waals surface area (Å²) in [4.78, 5) is 41.6. The van der Waals surface area contributed by atoms with Crippen LogP contribution in [0, 0.1) is 0 Å². The van der Waals surface area contributed by atoms with Gasteiger partial charge in [0, 0.05) is 24.3 Å². The number of carbonyl (C=O) groups excluding carboxylic acids is 3. The third-order valence-electron chi connectivity index (χ3n) is 6.69. The second kappa shape index (κ2) is 10.0. The van der Waals surface area contributed by atoms with Gasteiger partial charge < -0.3 is 10.2 Å². The number of amides is 3. The van der Waals surface area contributed by atoms with Crippen molar-refractivity contribution in [2.75, 3.05) is 17.3 Å². The van der Waals surface area contributed by atoms with E-state index in [9.17, 15) is 14.4 Å². The lowest BCUT2D eigenvalue weighted by molar-refractivity contribution is -0.120. The summed E-state index contributed by atoms with van der Waals surface area (Å²) in [6.45, 7) is 4.16. The highest BCUT2D eigenvalue weighted by molar-refractivity contribution is 6.53. The first-order valence-corrected chi connectivity index (χ1v) is 12.2. The highest BCUT2D eigenvalue weighted by Gasteiger charge is 2.39. The second-order valence-corrected chi connectivity index (χ2v) is 9.67. The topological polar surface area (TPSA) is 69.7 Å². The van der Waals surface area contributed by atoms with Gasteiger partial charge in [-0.1, -0.05) is 56.8 Å². The maximum absolute atomic E-state index is 13.0. The van der Waals surface area contributed by atoms with Crippen LogP contribution in [0.25, 0.3) is 0 Å². The van der Waals surface area contributed by atoms with Crippen molar-refractivity contribution >= 4 is 40.7 Å². The molecule has 178 valence electrons. The van der Waals surface area contributed by atoms with Gasteiger partial charge in [0.2, 0.25) is 0 Å². The molecular formula is C27H30ClN3O3. The summed E-state index contributed by atoms with van der Waals surface area (Å²) in [5.74, 6) is -0.744. The van der Waals surface area contributed by atoms with Gasteiger partial charge in [0.05, 0.1) is 5.69 Å². The predicted molar refractivity (Wildman–Crippen MR) is 135 cm³/mol. The molecule has 0 saturated heterocycles. The van der Waals surface area contributed by atoms with Crippen LogP contribution >= 0.6 is 11.6 Å². The molecule has 2 aromatic carbocycles. The molecule has 1 aliphatic heterocycles. The van der Waals surface area contributed by atoms with E-state index in [1.54, 1.807) is 36.4 Å². The molecule has 0 unspecified atom stereocenters. The predicted octanol–water partition coefficient (Wildman–Crippen LogP) is 5.65. The van der Waals surface area contributed by atoms with Crippen LogP contribution in [0.2, 0.25) is 0 Å². The first-order chi connectivity index (χ1) is 16.3. The lowest BCUT2D eigenvalue weighted by Gasteiger charge is -2.31. The van der Waals surface area contributed by atoms with Gasteiger partial charge in [-0.15, -0.1) is 0 Å². The standard InChI is InChI=1S/C27H30ClN3O3/c1-17(2)18-11-15-22(16-12-18)31-26(33)23(28)24(27(31)34)29-20-13-9-19(10-14-20)25(32)30(3)21-7-5-4-6-8-21/h9-17,21,29H,4-8H2,1-3H3. The first-order valence-electron chi connectivity index (χ1n) is 11.8. The van der Waals surface area contributed by atoms with Gasteiger partial charge in [0.15, 0.2) is 0 Å². The molecule has 1 aliphatic carbocycles. The quantitative estimate of drug-likeness (QED) is 0.543. The fraction of sp³-hybridized carbons (Fsp3) is 0.370. The number of rotatable bonds is 6. The fourth-order valence-electron chi connectivity index (χ4n) is 4.53. The molecule has 0 radical (unpaired) electrons. The van der Waals surface area contributed by atoms with Gasteiger partial charge in [0.25, 0.3) is 17.7 Å². The van der Waals surface area contributed by atoms with Gasteiger partial charge in [-0.3, -0.25) is 14.4 Å². The highest BCUT2D eigenvalue weighted by Crippen LogP contribution is 2.31. The summed E-state index contributed by atoms with van der Waals surface area (Å²) in [5.41, 5.74) is 2.77. The van der Waals surface area contributed by atoms with Crippen LogP contribution in [0.3, 0.4) is 0 Å². The Bertz CT molecular complexity index is 1120. The first kappa shape index (κ1) is 24.0. The van der Waals surface area contributed by atoms with E-state index in [0.717, 1.165) is 36.1 Å². The summed E-state index contributed by atoms with van der Waals surface area (Å²) < 4.78 is 0. The third kappa shape index (κ3) is 4.73. The van der Waals surface area contributed by atoms with Crippen molar-refractivity contribution in [2.45, 2.75) is 57.9 Å². The summed E-state index contributed by atoms with van der Waals surface area (Å²) >= 11 is 6.25. The zero-order chi connectivity index (χ0) is 24.4. The Hall–Kier alpha value is -3.12. The van der Waals surface area contributed by atoms with Crippen molar-refractivity contribution in [1.29, 1.82) is 0 Å². The van der Waals surface area contributed by atoms with Gasteiger partial charge in [0.1, 0.15) is 10.7 Å². The highest BCUT2D eigenvalue weighted by atomic mass is 35.5. The van der Waals surface area contributed by atoms with Gasteiger partial charge in [-0.25, -0.2) is 4.90 Å². The maximum atomic E-state index is 13.0. The Balaban J connectivity index is 1.46. The zero-order valence-corrected chi connectivity index (χ0v) is 20.6. The molecule has 7 heteroatoms. The van der Waals surface area contributed by atoms with Crippen molar-refractivity contribution in [2.24, 2.45) is 0 Å². The molecule has 1 saturated carbocycles. The molecule has 6 nitrogen and oxygen atoms in total. The molecule has 0 bridgehead atoms. The van der Waals surface area contributed by atoms with Crippen LogP contribution in [0.4, 0.5) is 11.4 Å². The Morgan fingerprint density at radius 2 is 1.59 bits per heavy atom. The Labute approximate surface area is 205 Å². The van der Waals surface area contributed by atoms with Crippen LogP contribution in [0.15, 0.2) is 59.3 Å². The van der Waals surface area contributed by atoms with Crippen molar-refractivity contribution in [1.82, 2.24) is 4.90 Å². The minimum absolute atomic E-state index is 0.0150. The van der Waals surface area contributed by atoms with Crippen molar-refractivity contribution in [3.63, 3.8) is 0 Å². The van der Waals surface area contributed by atoms with Crippen LogP contribution in [-0.4, -0.2) is 35.7 Å². The lowest BCUT2D eigenvalue weighted by Crippen LogP contribution is -2.38. The summed E-state index contributed by atoms with van der Waals surface area (Å²) in [6.07, 6.45) is 5.64. The van der Waals surface area contributed by atoms with Crippen molar-refractivity contribution in [3.05, 3.63) is 70.4 Å². The molecule has 1 fully saturated rings. The molecule has 0 atom stereocenters. The number of hydrogen-bond donors (Lipinski definition) is 1. The van der Waals surface area contributed by atoms with Gasteiger partial charge >= 0.3 is 0 Å². The van der Waals surface area contributed by atoms with E-state index in [2.05, 4.69) is 19.2 Å². The largest absolute Gasteiger partial charge is 0.350 e. The van der Waals surface area contributed by atoms with E-state index >= 15 is 0 Å². The third-order valence-corrected chi connectivity index (χ3v) is 7.04. The van der Waals surface area contributed by atoms with Crippen LogP contribution in [-0.2, 0) is 9.59 Å². The molecule has 0 spiro atoms.